The molecule has 0 aliphatic heterocycles. The molecule has 22 heteroatoms. The average molecular weight is 995 g/mol. The zero-order valence-corrected chi connectivity index (χ0v) is 42.1. The van der Waals surface area contributed by atoms with E-state index in [1.807, 2.05) is 27.7 Å². The number of methoxy groups -OCH3 is 4. The van der Waals surface area contributed by atoms with Gasteiger partial charge < -0.3 is 27.8 Å². The van der Waals surface area contributed by atoms with Crippen molar-refractivity contribution in [2.24, 2.45) is 0 Å². The van der Waals surface area contributed by atoms with Gasteiger partial charge in [0.1, 0.15) is 69.0 Å². The van der Waals surface area contributed by atoms with Crippen LogP contribution in [-0.2, 0) is 44.0 Å². The lowest BCUT2D eigenvalue weighted by Crippen LogP contribution is -2.24. The molecule has 6 heterocycles. The zero-order valence-electron chi connectivity index (χ0n) is 40.4. The first-order chi connectivity index (χ1) is 33.5. The highest BCUT2D eigenvalue weighted by molar-refractivity contribution is 7.91. The Balaban J connectivity index is 0.000000206. The quantitative estimate of drug-likeness (QED) is 0.0840. The van der Waals surface area contributed by atoms with Gasteiger partial charge in [0, 0.05) is 37.6 Å². The number of hydrogen-bond donors (Lipinski definition) is 0. The number of rotatable bonds is 18. The SMILES string of the molecule is COc1cccc(OC)c1-n1c(CS(=O)(=O)[C@@H](C)Cc2ncc(C)cn2)nnc1-c1ccc(C)o1.COc1cccc(OC)c1-n1c(CS(=O)(=O)[C@H](C)Cc2ncc(C)cn2)nnc1-c1ccc(C)o1. The molecule has 0 aliphatic rings. The van der Waals surface area contributed by atoms with Crippen molar-refractivity contribution < 1.29 is 44.6 Å². The molecule has 368 valence electrons. The van der Waals surface area contributed by atoms with Crippen LogP contribution in [0.4, 0.5) is 0 Å². The van der Waals surface area contributed by atoms with Crippen LogP contribution in [0.2, 0.25) is 0 Å². The Kier molecular flexibility index (Phi) is 15.5. The topological polar surface area (TPSA) is 244 Å². The summed E-state index contributed by atoms with van der Waals surface area (Å²) in [7, 11) is -1.23. The van der Waals surface area contributed by atoms with Crippen molar-refractivity contribution in [3.63, 3.8) is 0 Å². The molecule has 0 fully saturated rings. The molecule has 0 N–H and O–H groups in total. The minimum absolute atomic E-state index is 0.180. The minimum atomic E-state index is -3.67. The van der Waals surface area contributed by atoms with Crippen molar-refractivity contribution >= 4 is 19.7 Å². The molecule has 8 aromatic rings. The lowest BCUT2D eigenvalue weighted by molar-refractivity contribution is 0.390. The van der Waals surface area contributed by atoms with E-state index in [0.717, 1.165) is 11.1 Å². The van der Waals surface area contributed by atoms with Gasteiger partial charge in [0.2, 0.25) is 11.6 Å². The fourth-order valence-corrected chi connectivity index (χ4v) is 9.75. The van der Waals surface area contributed by atoms with Crippen molar-refractivity contribution in [3.8, 4) is 57.5 Å². The highest BCUT2D eigenvalue weighted by Crippen LogP contribution is 2.39. The van der Waals surface area contributed by atoms with Gasteiger partial charge in [0.05, 0.1) is 38.9 Å². The highest BCUT2D eigenvalue weighted by Gasteiger charge is 2.32. The number of aryl methyl sites for hydroxylation is 4. The Bertz CT molecular complexity index is 3030. The van der Waals surface area contributed by atoms with Crippen molar-refractivity contribution in [1.82, 2.24) is 49.5 Å². The first kappa shape index (κ1) is 50.4. The minimum Gasteiger partial charge on any atom is -0.494 e. The van der Waals surface area contributed by atoms with Gasteiger partial charge in [0.25, 0.3) is 0 Å². The Labute approximate surface area is 406 Å². The van der Waals surface area contributed by atoms with E-state index >= 15 is 0 Å². The number of para-hydroxylation sites is 2. The van der Waals surface area contributed by atoms with Gasteiger partial charge in [-0.3, -0.25) is 9.13 Å². The second-order valence-corrected chi connectivity index (χ2v) is 21.2. The summed E-state index contributed by atoms with van der Waals surface area (Å²) in [5.41, 5.74) is 2.77. The van der Waals surface area contributed by atoms with E-state index in [1.54, 1.807) is 108 Å². The third kappa shape index (κ3) is 11.2. The van der Waals surface area contributed by atoms with Crippen LogP contribution >= 0.6 is 0 Å². The third-order valence-corrected chi connectivity index (χ3v) is 15.2. The molecule has 0 saturated carbocycles. The van der Waals surface area contributed by atoms with Gasteiger partial charge in [-0.2, -0.15) is 0 Å². The van der Waals surface area contributed by atoms with E-state index in [4.69, 9.17) is 27.8 Å². The fourth-order valence-electron chi connectivity index (χ4n) is 7.28. The predicted molar refractivity (Wildman–Crippen MR) is 259 cm³/mol. The largest absolute Gasteiger partial charge is 0.494 e. The molecule has 0 amide bonds. The highest BCUT2D eigenvalue weighted by atomic mass is 32.2. The average Bonchev–Trinajstić information content (AvgIpc) is 4.17. The van der Waals surface area contributed by atoms with E-state index < -0.39 is 30.2 Å². The number of aromatic nitrogens is 10. The first-order valence-electron chi connectivity index (χ1n) is 21.9. The van der Waals surface area contributed by atoms with Crippen LogP contribution in [0.25, 0.3) is 34.5 Å². The number of benzene rings is 2. The Hall–Kier alpha value is -7.46. The van der Waals surface area contributed by atoms with E-state index in [2.05, 4.69) is 40.3 Å². The number of furan rings is 2. The molecular weight excluding hydrogens is 941 g/mol. The van der Waals surface area contributed by atoms with Crippen molar-refractivity contribution in [1.29, 1.82) is 0 Å². The van der Waals surface area contributed by atoms with Crippen LogP contribution in [0.5, 0.6) is 23.0 Å². The number of ether oxygens (including phenoxy) is 4. The van der Waals surface area contributed by atoms with Crippen LogP contribution in [0.15, 0.2) is 94.3 Å². The summed E-state index contributed by atoms with van der Waals surface area (Å²) in [6.07, 6.45) is 7.04. The third-order valence-electron chi connectivity index (χ3n) is 11.1. The van der Waals surface area contributed by atoms with Gasteiger partial charge in [-0.05, 0) is 101 Å². The summed E-state index contributed by atoms with van der Waals surface area (Å²) in [6.45, 7) is 10.7. The molecule has 0 bridgehead atoms. The molecule has 0 saturated heterocycles. The molecule has 0 spiro atoms. The van der Waals surface area contributed by atoms with Crippen LogP contribution in [0, 0.1) is 27.7 Å². The summed E-state index contributed by atoms with van der Waals surface area (Å²) in [6, 6.07) is 17.7. The summed E-state index contributed by atoms with van der Waals surface area (Å²) in [5.74, 6) is 5.37. The second-order valence-electron chi connectivity index (χ2n) is 16.4. The Morgan fingerprint density at radius 3 is 1.11 bits per heavy atom. The van der Waals surface area contributed by atoms with Gasteiger partial charge in [0.15, 0.2) is 42.8 Å². The Morgan fingerprint density at radius 1 is 0.500 bits per heavy atom. The lowest BCUT2D eigenvalue weighted by Gasteiger charge is -2.17. The molecule has 8 rings (SSSR count). The van der Waals surface area contributed by atoms with Gasteiger partial charge in [-0.1, -0.05) is 12.1 Å². The van der Waals surface area contributed by atoms with E-state index in [1.165, 1.54) is 28.4 Å². The van der Waals surface area contributed by atoms with E-state index in [9.17, 15) is 16.8 Å². The van der Waals surface area contributed by atoms with Crippen LogP contribution < -0.4 is 18.9 Å². The summed E-state index contributed by atoms with van der Waals surface area (Å²) in [5, 5.41) is 15.6. The molecule has 70 heavy (non-hydrogen) atoms. The summed E-state index contributed by atoms with van der Waals surface area (Å²) < 4.78 is 90.7. The molecule has 0 radical (unpaired) electrons. The summed E-state index contributed by atoms with van der Waals surface area (Å²) in [4.78, 5) is 17.0. The number of hydrogen-bond acceptors (Lipinski definition) is 18. The van der Waals surface area contributed by atoms with Crippen LogP contribution in [0.1, 0.15) is 59.8 Å². The monoisotopic (exact) mass is 994 g/mol. The Morgan fingerprint density at radius 2 is 0.829 bits per heavy atom. The first-order valence-corrected chi connectivity index (χ1v) is 25.3. The summed E-state index contributed by atoms with van der Waals surface area (Å²) >= 11 is 0. The maximum absolute atomic E-state index is 13.4. The van der Waals surface area contributed by atoms with Crippen LogP contribution in [-0.4, -0.2) is 105 Å². The maximum Gasteiger partial charge on any atom is 0.204 e. The van der Waals surface area contributed by atoms with Crippen molar-refractivity contribution in [3.05, 3.63) is 131 Å². The standard InChI is InChI=1S/2C24H27N5O5S/c2*1-15-12-25-21(26-13-15)11-17(3)35(30,31)14-22-27-28-24(20-10-9-16(2)34-20)29(22)23-18(32-4)7-6-8-19(23)33-5/h2*6-10,12-13,17H,11,14H2,1-5H3/t2*17-/m10/s1. The normalized spacial score (nSPS) is 12.5. The lowest BCUT2D eigenvalue weighted by atomic mass is 10.2. The fraction of sp³-hybridized carbons (Fsp3) is 0.333. The smallest absolute Gasteiger partial charge is 0.204 e. The van der Waals surface area contributed by atoms with Gasteiger partial charge in [-0.25, -0.2) is 36.8 Å². The van der Waals surface area contributed by atoms with Crippen molar-refractivity contribution in [2.45, 2.75) is 76.4 Å². The van der Waals surface area contributed by atoms with Crippen LogP contribution in [0.3, 0.4) is 0 Å². The number of nitrogens with zero attached hydrogens (tertiary/aromatic N) is 10. The predicted octanol–water partition coefficient (Wildman–Crippen LogP) is 6.99. The van der Waals surface area contributed by atoms with E-state index in [0.29, 0.717) is 80.7 Å². The number of sulfone groups is 2. The molecular formula is C48H54N10O10S2. The van der Waals surface area contributed by atoms with Gasteiger partial charge in [-0.15, -0.1) is 20.4 Å². The molecule has 6 aromatic heterocycles. The van der Waals surface area contributed by atoms with E-state index in [-0.39, 0.29) is 36.0 Å². The molecule has 2 atom stereocenters. The molecule has 0 aliphatic carbocycles. The van der Waals surface area contributed by atoms with Crippen molar-refractivity contribution in [2.75, 3.05) is 28.4 Å². The zero-order chi connectivity index (χ0) is 50.3. The second kappa shape index (κ2) is 21.5. The molecule has 0 unspecified atom stereocenters. The maximum atomic E-state index is 13.4. The van der Waals surface area contributed by atoms with Gasteiger partial charge >= 0.3 is 0 Å². The molecule has 2 aromatic carbocycles. The molecule has 20 nitrogen and oxygen atoms in total.